The van der Waals surface area contributed by atoms with Crippen molar-refractivity contribution in [1.29, 1.82) is 0 Å². The van der Waals surface area contributed by atoms with Gasteiger partial charge in [-0.1, -0.05) is 12.2 Å². The van der Waals surface area contributed by atoms with E-state index in [1.54, 1.807) is 11.3 Å². The normalized spacial score (nSPS) is 22.4. The van der Waals surface area contributed by atoms with Gasteiger partial charge in [0.15, 0.2) is 0 Å². The van der Waals surface area contributed by atoms with Crippen molar-refractivity contribution in [3.8, 4) is 0 Å². The van der Waals surface area contributed by atoms with Gasteiger partial charge in [-0.3, -0.25) is 4.79 Å². The number of carbonyl (C=O) groups excluding carboxylic acids is 1. The molecule has 0 bridgehead atoms. The van der Waals surface area contributed by atoms with Crippen LogP contribution in [0.25, 0.3) is 0 Å². The molecule has 1 aromatic rings. The molecule has 1 aromatic heterocycles. The van der Waals surface area contributed by atoms with Crippen molar-refractivity contribution < 1.29 is 4.79 Å². The van der Waals surface area contributed by atoms with Crippen LogP contribution in [-0.4, -0.2) is 34.1 Å². The summed E-state index contributed by atoms with van der Waals surface area (Å²) in [6.45, 7) is 0.776. The highest BCUT2D eigenvalue weighted by atomic mass is 32.2. The van der Waals surface area contributed by atoms with Gasteiger partial charge in [0.05, 0.1) is 15.9 Å². The van der Waals surface area contributed by atoms with E-state index in [4.69, 9.17) is 18.0 Å². The molecule has 1 saturated heterocycles. The van der Waals surface area contributed by atoms with Crippen LogP contribution in [0, 0.1) is 0 Å². The van der Waals surface area contributed by atoms with E-state index in [2.05, 4.69) is 6.07 Å². The van der Waals surface area contributed by atoms with Crippen molar-refractivity contribution in [1.82, 2.24) is 4.90 Å². The zero-order chi connectivity index (χ0) is 14.1. The number of nitrogens with two attached hydrogens (primary N) is 1. The Labute approximate surface area is 132 Å². The van der Waals surface area contributed by atoms with Gasteiger partial charge < -0.3 is 10.6 Å². The van der Waals surface area contributed by atoms with Gasteiger partial charge in [0, 0.05) is 17.2 Å². The van der Waals surface area contributed by atoms with Crippen LogP contribution in [0.5, 0.6) is 0 Å². The van der Waals surface area contributed by atoms with Crippen molar-refractivity contribution in [2.75, 3.05) is 12.3 Å². The predicted molar refractivity (Wildman–Crippen MR) is 89.6 cm³/mol. The van der Waals surface area contributed by atoms with Crippen LogP contribution in [-0.2, 0) is 12.2 Å². The largest absolute Gasteiger partial charge is 0.392 e. The van der Waals surface area contributed by atoms with Crippen molar-refractivity contribution >= 4 is 46.2 Å². The summed E-state index contributed by atoms with van der Waals surface area (Å²) in [6, 6.07) is 2.03. The van der Waals surface area contributed by atoms with Gasteiger partial charge in [-0.2, -0.15) is 11.8 Å². The highest BCUT2D eigenvalue weighted by molar-refractivity contribution is 7.98. The Kier molecular flexibility index (Phi) is 4.33. The van der Waals surface area contributed by atoms with Crippen LogP contribution >= 0.6 is 35.3 Å². The lowest BCUT2D eigenvalue weighted by molar-refractivity contribution is 0.0686. The summed E-state index contributed by atoms with van der Waals surface area (Å²) in [4.78, 5) is 17.3. The zero-order valence-electron chi connectivity index (χ0n) is 11.3. The molecule has 1 atom stereocenters. The molecular weight excluding hydrogens is 308 g/mol. The van der Waals surface area contributed by atoms with Crippen LogP contribution in [0.2, 0.25) is 0 Å². The number of aryl methyl sites for hydroxylation is 1. The molecule has 3 rings (SSSR count). The standard InChI is InChI=1S/C14H18N2OS3/c15-13(18)10-3-1-2-5-16(10)14(17)12-7-9-8-19-6-4-11(9)20-12/h7,10H,1-6,8H2,(H2,15,18). The zero-order valence-corrected chi connectivity index (χ0v) is 13.7. The lowest BCUT2D eigenvalue weighted by Gasteiger charge is -2.34. The quantitative estimate of drug-likeness (QED) is 0.849. The molecule has 0 aliphatic carbocycles. The van der Waals surface area contributed by atoms with Gasteiger partial charge >= 0.3 is 0 Å². The second-order valence-corrected chi connectivity index (χ2v) is 7.99. The van der Waals surface area contributed by atoms with Gasteiger partial charge in [-0.25, -0.2) is 0 Å². The van der Waals surface area contributed by atoms with Crippen LogP contribution in [0.4, 0.5) is 0 Å². The van der Waals surface area contributed by atoms with E-state index in [1.807, 2.05) is 16.7 Å². The fourth-order valence-electron chi connectivity index (χ4n) is 2.86. The van der Waals surface area contributed by atoms with Gasteiger partial charge in [0.2, 0.25) is 0 Å². The molecule has 108 valence electrons. The summed E-state index contributed by atoms with van der Waals surface area (Å²) < 4.78 is 0. The van der Waals surface area contributed by atoms with Crippen molar-refractivity contribution in [2.24, 2.45) is 5.73 Å². The second-order valence-electron chi connectivity index (χ2n) is 5.27. The number of carbonyl (C=O) groups is 1. The molecule has 1 unspecified atom stereocenters. The van der Waals surface area contributed by atoms with Gasteiger partial charge in [-0.15, -0.1) is 11.3 Å². The topological polar surface area (TPSA) is 46.3 Å². The molecule has 0 aromatic carbocycles. The maximum Gasteiger partial charge on any atom is 0.264 e. The number of thiophene rings is 1. The van der Waals surface area contributed by atoms with Gasteiger partial charge in [0.25, 0.3) is 5.91 Å². The molecule has 3 heterocycles. The molecule has 6 heteroatoms. The van der Waals surface area contributed by atoms with Gasteiger partial charge in [0.1, 0.15) is 0 Å². The van der Waals surface area contributed by atoms with Gasteiger partial charge in [-0.05, 0) is 43.1 Å². The van der Waals surface area contributed by atoms with E-state index in [0.717, 1.165) is 42.9 Å². The number of amides is 1. The first-order valence-electron chi connectivity index (χ1n) is 6.96. The van der Waals surface area contributed by atoms with E-state index in [9.17, 15) is 4.79 Å². The number of nitrogens with zero attached hydrogens (tertiary/aromatic N) is 1. The van der Waals surface area contributed by atoms with Crippen molar-refractivity contribution in [3.63, 3.8) is 0 Å². The summed E-state index contributed by atoms with van der Waals surface area (Å²) in [7, 11) is 0. The second kappa shape index (κ2) is 6.03. The first-order chi connectivity index (χ1) is 9.66. The third-order valence-electron chi connectivity index (χ3n) is 3.93. The average molecular weight is 327 g/mol. The third kappa shape index (κ3) is 2.73. The lowest BCUT2D eigenvalue weighted by atomic mass is 10.0. The van der Waals surface area contributed by atoms with Crippen LogP contribution in [0.15, 0.2) is 6.07 Å². The molecule has 1 fully saturated rings. The maximum atomic E-state index is 12.7. The minimum absolute atomic E-state index is 0.0558. The van der Waals surface area contributed by atoms with E-state index >= 15 is 0 Å². The Morgan fingerprint density at radius 3 is 3.05 bits per heavy atom. The van der Waals surface area contributed by atoms with E-state index in [-0.39, 0.29) is 11.9 Å². The van der Waals surface area contributed by atoms with E-state index in [1.165, 1.54) is 16.2 Å². The number of thiocarbonyl (C=S) groups is 1. The number of fused-ring (bicyclic) bond motifs is 1. The first-order valence-corrected chi connectivity index (χ1v) is 9.34. The Bertz CT molecular complexity index is 517. The highest BCUT2D eigenvalue weighted by Crippen LogP contribution is 2.33. The molecule has 0 spiro atoms. The molecule has 0 radical (unpaired) electrons. The van der Waals surface area contributed by atoms with Crippen molar-refractivity contribution in [2.45, 2.75) is 37.5 Å². The summed E-state index contributed by atoms with van der Waals surface area (Å²) in [6.07, 6.45) is 4.15. The summed E-state index contributed by atoms with van der Waals surface area (Å²) >= 11 is 8.74. The maximum absolute atomic E-state index is 12.7. The molecule has 0 saturated carbocycles. The highest BCUT2D eigenvalue weighted by Gasteiger charge is 2.30. The number of piperidine rings is 1. The number of hydrogen-bond donors (Lipinski definition) is 1. The van der Waals surface area contributed by atoms with E-state index in [0.29, 0.717) is 4.99 Å². The number of hydrogen-bond acceptors (Lipinski definition) is 4. The molecule has 2 aliphatic heterocycles. The number of thioether (sulfide) groups is 1. The molecule has 1 amide bonds. The Morgan fingerprint density at radius 1 is 1.45 bits per heavy atom. The fourth-order valence-corrected chi connectivity index (χ4v) is 5.44. The number of rotatable bonds is 2. The van der Waals surface area contributed by atoms with E-state index < -0.39 is 0 Å². The predicted octanol–water partition coefficient (Wildman–Crippen LogP) is 2.82. The first kappa shape index (κ1) is 14.4. The number of likely N-dealkylation sites (tertiary alicyclic amines) is 1. The molecule has 2 N–H and O–H groups in total. The third-order valence-corrected chi connectivity index (χ3v) is 6.44. The Balaban J connectivity index is 1.83. The van der Waals surface area contributed by atoms with Crippen LogP contribution in [0.3, 0.4) is 0 Å². The fraction of sp³-hybridized carbons (Fsp3) is 0.571. The molecule has 3 nitrogen and oxygen atoms in total. The van der Waals surface area contributed by atoms with Crippen LogP contribution < -0.4 is 5.73 Å². The lowest BCUT2D eigenvalue weighted by Crippen LogP contribution is -2.49. The molecule has 2 aliphatic rings. The van der Waals surface area contributed by atoms with Crippen molar-refractivity contribution in [3.05, 3.63) is 21.4 Å². The Hall–Kier alpha value is -0.590. The minimum atomic E-state index is -0.0558. The average Bonchev–Trinajstić information content (AvgIpc) is 2.90. The summed E-state index contributed by atoms with van der Waals surface area (Å²) in [5, 5.41) is 0. The summed E-state index contributed by atoms with van der Waals surface area (Å²) in [5.74, 6) is 2.32. The smallest absolute Gasteiger partial charge is 0.264 e. The SMILES string of the molecule is NC(=S)C1CCCCN1C(=O)c1cc2c(s1)CCSC2. The monoisotopic (exact) mass is 326 g/mol. The Morgan fingerprint density at radius 2 is 2.30 bits per heavy atom. The minimum Gasteiger partial charge on any atom is -0.392 e. The molecular formula is C14H18N2OS3. The molecule has 20 heavy (non-hydrogen) atoms. The summed E-state index contributed by atoms with van der Waals surface area (Å²) in [5.41, 5.74) is 7.15. The van der Waals surface area contributed by atoms with Crippen LogP contribution in [0.1, 0.15) is 39.4 Å².